The Bertz CT molecular complexity index is 1530. The van der Waals surface area contributed by atoms with Crippen molar-refractivity contribution in [3.63, 3.8) is 0 Å². The molecule has 0 amide bonds. The van der Waals surface area contributed by atoms with Crippen molar-refractivity contribution in [2.75, 3.05) is 0 Å². The van der Waals surface area contributed by atoms with Gasteiger partial charge in [0.15, 0.2) is 11.5 Å². The second-order valence-corrected chi connectivity index (χ2v) is 7.70. The van der Waals surface area contributed by atoms with Gasteiger partial charge < -0.3 is 8.92 Å². The molecule has 9 nitrogen and oxygen atoms in total. The van der Waals surface area contributed by atoms with Crippen LogP contribution in [0.5, 0.6) is 0 Å². The Morgan fingerprint density at radius 2 is 1.88 bits per heavy atom. The average molecular weight is 479 g/mol. The molecule has 0 atom stereocenters. The topological polar surface area (TPSA) is 115 Å². The highest BCUT2D eigenvalue weighted by Crippen LogP contribution is 2.33. The fraction of sp³-hybridized carbons (Fsp3) is 0.105. The number of pyridine rings is 1. The van der Waals surface area contributed by atoms with Crippen molar-refractivity contribution in [1.29, 1.82) is 0 Å². The number of fused-ring (bicyclic) bond motifs is 1. The van der Waals surface area contributed by atoms with Crippen LogP contribution in [0.2, 0.25) is 10.0 Å². The van der Waals surface area contributed by atoms with Gasteiger partial charge in [0.2, 0.25) is 5.82 Å². The molecule has 0 aliphatic heterocycles. The number of H-pyrrole nitrogens is 1. The Balaban J connectivity index is 1.50. The number of benzene rings is 1. The molecule has 1 N–H and O–H groups in total. The number of nitrogens with zero attached hydrogens (tertiary/aromatic N) is 5. The highest BCUT2D eigenvalue weighted by molar-refractivity contribution is 6.33. The Morgan fingerprint density at radius 3 is 2.56 bits per heavy atom. The molecule has 13 heteroatoms. The van der Waals surface area contributed by atoms with E-state index in [0.717, 1.165) is 13.0 Å². The number of alkyl halides is 2. The number of nitrogens with one attached hydrogen (secondary N) is 1. The second kappa shape index (κ2) is 7.24. The molecular weight excluding hydrogens is 469 g/mol. The quantitative estimate of drug-likeness (QED) is 0.393. The molecule has 0 fully saturated rings. The Kier molecular flexibility index (Phi) is 4.60. The molecule has 0 saturated heterocycles. The van der Waals surface area contributed by atoms with Crippen LogP contribution < -0.4 is 5.76 Å². The lowest BCUT2D eigenvalue weighted by molar-refractivity contribution is 0.0170. The first-order valence-corrected chi connectivity index (χ1v) is 9.71. The number of aromatic amines is 1. The summed E-state index contributed by atoms with van der Waals surface area (Å²) in [5.41, 5.74) is 1.22. The van der Waals surface area contributed by atoms with Crippen molar-refractivity contribution < 1.29 is 17.8 Å². The van der Waals surface area contributed by atoms with E-state index < -0.39 is 11.7 Å². The van der Waals surface area contributed by atoms with Gasteiger partial charge in [-0.15, -0.1) is 0 Å². The summed E-state index contributed by atoms with van der Waals surface area (Å²) in [6, 6.07) is 5.98. The van der Waals surface area contributed by atoms with E-state index >= 15 is 0 Å². The van der Waals surface area contributed by atoms with Crippen molar-refractivity contribution in [3.05, 3.63) is 62.8 Å². The molecule has 0 saturated carbocycles. The van der Waals surface area contributed by atoms with Crippen molar-refractivity contribution in [2.24, 2.45) is 0 Å². The fourth-order valence-electron chi connectivity index (χ4n) is 3.03. The summed E-state index contributed by atoms with van der Waals surface area (Å²) in [5, 5.41) is 7.84. The molecule has 162 valence electrons. The standard InChI is InChI=1S/C19H10Cl2F2N6O3/c1-19(22,23)9-5-12(21)16-24-13(7-29(16)6-9)17-25-15(28-31-17)10-3-2-8(4-11(10)20)14-26-18(30)32-27-14/h2-7H,1H3,(H,26,27,30). The van der Waals surface area contributed by atoms with Crippen molar-refractivity contribution in [2.45, 2.75) is 12.8 Å². The highest BCUT2D eigenvalue weighted by atomic mass is 35.5. The van der Waals surface area contributed by atoms with Gasteiger partial charge in [0.05, 0.1) is 10.0 Å². The molecule has 1 aromatic carbocycles. The Morgan fingerprint density at radius 1 is 1.06 bits per heavy atom. The number of hydrogen-bond acceptors (Lipinski definition) is 7. The Hall–Kier alpha value is -3.57. The molecule has 32 heavy (non-hydrogen) atoms. The van der Waals surface area contributed by atoms with Gasteiger partial charge >= 0.3 is 5.76 Å². The normalized spacial score (nSPS) is 12.0. The number of halogens is 4. The van der Waals surface area contributed by atoms with Crippen LogP contribution >= 0.6 is 23.2 Å². The smallest absolute Gasteiger partial charge is 0.332 e. The molecule has 5 aromatic rings. The predicted molar refractivity (Wildman–Crippen MR) is 110 cm³/mol. The van der Waals surface area contributed by atoms with Crippen LogP contribution in [0, 0.1) is 0 Å². The predicted octanol–water partition coefficient (Wildman–Crippen LogP) is 4.81. The third-order valence-electron chi connectivity index (χ3n) is 4.58. The number of hydrogen-bond donors (Lipinski definition) is 1. The summed E-state index contributed by atoms with van der Waals surface area (Å²) in [6.07, 6.45) is 2.69. The zero-order valence-electron chi connectivity index (χ0n) is 15.9. The molecule has 0 aliphatic rings. The van der Waals surface area contributed by atoms with Crippen molar-refractivity contribution >= 4 is 28.8 Å². The van der Waals surface area contributed by atoms with Crippen LogP contribution in [0.1, 0.15) is 12.5 Å². The van der Waals surface area contributed by atoms with Crippen molar-refractivity contribution in [3.8, 4) is 34.4 Å². The van der Waals surface area contributed by atoms with E-state index in [1.54, 1.807) is 18.2 Å². The van der Waals surface area contributed by atoms with Gasteiger partial charge in [-0.3, -0.25) is 9.51 Å². The SMILES string of the molecule is CC(F)(F)c1cc(Cl)c2nc(-c3nc(-c4ccc(-c5noc(=O)[nH]5)cc4Cl)no3)cn2c1. The minimum absolute atomic E-state index is 0.0468. The third-order valence-corrected chi connectivity index (χ3v) is 5.17. The van der Waals surface area contributed by atoms with Crippen LogP contribution in [-0.4, -0.2) is 29.7 Å². The minimum atomic E-state index is -3.07. The first-order valence-electron chi connectivity index (χ1n) is 8.96. The largest absolute Gasteiger partial charge is 0.439 e. The summed E-state index contributed by atoms with van der Waals surface area (Å²) >= 11 is 12.5. The lowest BCUT2D eigenvalue weighted by atomic mass is 10.1. The summed E-state index contributed by atoms with van der Waals surface area (Å²) in [5.74, 6) is -3.32. The zero-order chi connectivity index (χ0) is 22.6. The summed E-state index contributed by atoms with van der Waals surface area (Å²) in [6.45, 7) is 0.780. The number of rotatable bonds is 4. The maximum Gasteiger partial charge on any atom is 0.439 e. The highest BCUT2D eigenvalue weighted by Gasteiger charge is 2.26. The molecule has 4 heterocycles. The van der Waals surface area contributed by atoms with E-state index in [4.69, 9.17) is 27.7 Å². The maximum absolute atomic E-state index is 13.7. The van der Waals surface area contributed by atoms with Gasteiger partial charge in [0.25, 0.3) is 11.8 Å². The number of imidazole rings is 1. The first kappa shape index (κ1) is 20.3. The summed E-state index contributed by atoms with van der Waals surface area (Å²) in [4.78, 5) is 22.1. The Labute approximate surface area is 186 Å². The fourth-order valence-corrected chi connectivity index (χ4v) is 3.56. The molecule has 0 aliphatic carbocycles. The van der Waals surface area contributed by atoms with Gasteiger partial charge in [-0.05, 0) is 18.2 Å². The molecule has 4 aromatic heterocycles. The summed E-state index contributed by atoms with van der Waals surface area (Å²) < 4.78 is 38.5. The van der Waals surface area contributed by atoms with Gasteiger partial charge in [-0.2, -0.15) is 4.98 Å². The summed E-state index contributed by atoms with van der Waals surface area (Å²) in [7, 11) is 0. The van der Waals surface area contributed by atoms with Gasteiger partial charge in [-0.1, -0.05) is 39.6 Å². The average Bonchev–Trinajstić information content (AvgIpc) is 3.46. The van der Waals surface area contributed by atoms with Crippen LogP contribution in [0.4, 0.5) is 8.78 Å². The van der Waals surface area contributed by atoms with Gasteiger partial charge in [0.1, 0.15) is 5.69 Å². The first-order chi connectivity index (χ1) is 15.2. The van der Waals surface area contributed by atoms with Crippen LogP contribution in [0.15, 0.2) is 50.5 Å². The second-order valence-electron chi connectivity index (χ2n) is 6.88. The van der Waals surface area contributed by atoms with E-state index in [2.05, 4.69) is 29.8 Å². The maximum atomic E-state index is 13.7. The molecule has 0 radical (unpaired) electrons. The third kappa shape index (κ3) is 3.55. The zero-order valence-corrected chi connectivity index (χ0v) is 17.4. The van der Waals surface area contributed by atoms with Crippen LogP contribution in [0.3, 0.4) is 0 Å². The van der Waals surface area contributed by atoms with Gasteiger partial charge in [0, 0.05) is 36.0 Å². The molecule has 5 rings (SSSR count). The molecule has 0 unspecified atom stereocenters. The molecule has 0 spiro atoms. The van der Waals surface area contributed by atoms with Crippen molar-refractivity contribution in [1.82, 2.24) is 29.7 Å². The van der Waals surface area contributed by atoms with E-state index in [1.165, 1.54) is 16.8 Å². The molecule has 0 bridgehead atoms. The van der Waals surface area contributed by atoms with E-state index in [-0.39, 0.29) is 44.5 Å². The molecular formula is C19H10Cl2F2N6O3. The lowest BCUT2D eigenvalue weighted by Crippen LogP contribution is -2.08. The minimum Gasteiger partial charge on any atom is -0.332 e. The van der Waals surface area contributed by atoms with E-state index in [0.29, 0.717) is 11.1 Å². The number of aromatic nitrogens is 6. The monoisotopic (exact) mass is 478 g/mol. The van der Waals surface area contributed by atoms with E-state index in [9.17, 15) is 13.6 Å². The lowest BCUT2D eigenvalue weighted by Gasteiger charge is -2.11. The van der Waals surface area contributed by atoms with Crippen LogP contribution in [-0.2, 0) is 5.92 Å². The van der Waals surface area contributed by atoms with Gasteiger partial charge in [-0.25, -0.2) is 18.6 Å². The van der Waals surface area contributed by atoms with Crippen LogP contribution in [0.25, 0.3) is 40.0 Å². The van der Waals surface area contributed by atoms with E-state index in [1.807, 2.05) is 0 Å².